The Bertz CT molecular complexity index is 438. The molecule has 0 aliphatic rings. The monoisotopic (exact) mass is 246 g/mol. The molecule has 0 atom stereocenters. The summed E-state index contributed by atoms with van der Waals surface area (Å²) in [5, 5.41) is 11.4. The third kappa shape index (κ3) is 1.03. The van der Waals surface area contributed by atoms with E-state index in [0.29, 0.717) is 5.39 Å². The second-order valence-corrected chi connectivity index (χ2v) is 4.13. The van der Waals surface area contributed by atoms with Gasteiger partial charge < -0.3 is 5.11 Å². The van der Waals surface area contributed by atoms with Crippen molar-refractivity contribution in [2.24, 2.45) is 0 Å². The highest BCUT2D eigenvalue weighted by Crippen LogP contribution is 2.35. The third-order valence-corrected chi connectivity index (χ3v) is 3.44. The van der Waals surface area contributed by atoms with Gasteiger partial charge in [-0.15, -0.1) is 11.3 Å². The molecule has 2 rings (SSSR count). The van der Waals surface area contributed by atoms with E-state index in [-0.39, 0.29) is 5.75 Å². The smallest absolute Gasteiger partial charge is 0.173 e. The van der Waals surface area contributed by atoms with Crippen LogP contribution in [-0.4, -0.2) is 5.11 Å². The molecule has 0 unspecified atom stereocenters. The molecule has 0 bridgehead atoms. The highest BCUT2D eigenvalue weighted by molar-refractivity contribution is 9.10. The Morgan fingerprint density at radius 3 is 3.00 bits per heavy atom. The molecule has 62 valence electrons. The van der Waals surface area contributed by atoms with E-state index in [1.807, 2.05) is 0 Å². The Hall–Kier alpha value is -0.610. The van der Waals surface area contributed by atoms with Crippen molar-refractivity contribution >= 4 is 37.4 Å². The van der Waals surface area contributed by atoms with Crippen LogP contribution in [0.2, 0.25) is 0 Å². The molecule has 0 amide bonds. The van der Waals surface area contributed by atoms with Gasteiger partial charge in [0.25, 0.3) is 0 Å². The summed E-state index contributed by atoms with van der Waals surface area (Å²) in [4.78, 5) is 0. The lowest BCUT2D eigenvalue weighted by Gasteiger charge is -1.98. The first-order chi connectivity index (χ1) is 5.70. The fourth-order valence-electron chi connectivity index (χ4n) is 1.05. The van der Waals surface area contributed by atoms with Crippen LogP contribution in [0, 0.1) is 5.82 Å². The number of halogens is 2. The van der Waals surface area contributed by atoms with Crippen molar-refractivity contribution in [1.29, 1.82) is 0 Å². The molecule has 1 nitrogen and oxygen atoms in total. The van der Waals surface area contributed by atoms with Crippen LogP contribution >= 0.6 is 27.3 Å². The average Bonchev–Trinajstić information content (AvgIpc) is 2.48. The summed E-state index contributed by atoms with van der Waals surface area (Å²) in [6, 6.07) is 3.02. The van der Waals surface area contributed by atoms with Crippen LogP contribution < -0.4 is 0 Å². The quantitative estimate of drug-likeness (QED) is 0.755. The van der Waals surface area contributed by atoms with Crippen molar-refractivity contribution < 1.29 is 9.50 Å². The van der Waals surface area contributed by atoms with Gasteiger partial charge in [-0.25, -0.2) is 4.39 Å². The maximum Gasteiger partial charge on any atom is 0.173 e. The Balaban J connectivity index is 2.97. The first-order valence-electron chi connectivity index (χ1n) is 3.24. The normalized spacial score (nSPS) is 10.8. The topological polar surface area (TPSA) is 20.2 Å². The highest BCUT2D eigenvalue weighted by atomic mass is 79.9. The first kappa shape index (κ1) is 8.01. The van der Waals surface area contributed by atoms with E-state index in [9.17, 15) is 4.39 Å². The van der Waals surface area contributed by atoms with Gasteiger partial charge in [-0.1, -0.05) is 0 Å². The number of hydrogen-bond donors (Lipinski definition) is 1. The van der Waals surface area contributed by atoms with Crippen molar-refractivity contribution in [3.8, 4) is 5.75 Å². The zero-order valence-corrected chi connectivity index (χ0v) is 8.25. The predicted octanol–water partition coefficient (Wildman–Crippen LogP) is 3.51. The SMILES string of the molecule is Oc1cc(Br)c2sccc2c1F. The number of thiophene rings is 1. The highest BCUT2D eigenvalue weighted by Gasteiger charge is 2.10. The van der Waals surface area contributed by atoms with Gasteiger partial charge in [0.05, 0.1) is 4.70 Å². The Labute approximate surface area is 80.6 Å². The maximum absolute atomic E-state index is 13.1. The number of rotatable bonds is 0. The number of aromatic hydroxyl groups is 1. The molecular formula is C8H4BrFOS. The second kappa shape index (κ2) is 2.71. The molecule has 0 spiro atoms. The molecular weight excluding hydrogens is 243 g/mol. The Morgan fingerprint density at radius 1 is 1.50 bits per heavy atom. The second-order valence-electron chi connectivity index (χ2n) is 2.35. The third-order valence-electron chi connectivity index (χ3n) is 1.61. The molecule has 1 aromatic heterocycles. The molecule has 0 radical (unpaired) electrons. The summed E-state index contributed by atoms with van der Waals surface area (Å²) in [5.41, 5.74) is 0. The van der Waals surface area contributed by atoms with E-state index >= 15 is 0 Å². The molecule has 4 heteroatoms. The van der Waals surface area contributed by atoms with Gasteiger partial charge >= 0.3 is 0 Å². The fraction of sp³-hybridized carbons (Fsp3) is 0. The standard InChI is InChI=1S/C8H4BrFOS/c9-5-3-6(11)7(10)4-1-2-12-8(4)5/h1-3,11H. The van der Waals surface area contributed by atoms with Crippen LogP contribution in [0.4, 0.5) is 4.39 Å². The summed E-state index contributed by atoms with van der Waals surface area (Å²) in [6.07, 6.45) is 0. The molecule has 0 saturated heterocycles. The van der Waals surface area contributed by atoms with E-state index < -0.39 is 5.82 Å². The average molecular weight is 247 g/mol. The minimum atomic E-state index is -0.547. The van der Waals surface area contributed by atoms with E-state index in [0.717, 1.165) is 9.17 Å². The van der Waals surface area contributed by atoms with Gasteiger partial charge in [-0.05, 0) is 33.4 Å². The van der Waals surface area contributed by atoms with Crippen molar-refractivity contribution in [2.45, 2.75) is 0 Å². The molecule has 1 aromatic carbocycles. The summed E-state index contributed by atoms with van der Waals surface area (Å²) in [6.45, 7) is 0. The van der Waals surface area contributed by atoms with E-state index in [1.165, 1.54) is 17.4 Å². The van der Waals surface area contributed by atoms with Crippen LogP contribution in [-0.2, 0) is 0 Å². The lowest BCUT2D eigenvalue weighted by Crippen LogP contribution is -1.77. The zero-order valence-electron chi connectivity index (χ0n) is 5.84. The van der Waals surface area contributed by atoms with E-state index in [1.54, 1.807) is 11.4 Å². The zero-order chi connectivity index (χ0) is 8.72. The van der Waals surface area contributed by atoms with E-state index in [2.05, 4.69) is 15.9 Å². The summed E-state index contributed by atoms with van der Waals surface area (Å²) in [5.74, 6) is -0.859. The van der Waals surface area contributed by atoms with Gasteiger partial charge in [0.15, 0.2) is 11.6 Å². The van der Waals surface area contributed by atoms with Crippen LogP contribution in [0.15, 0.2) is 22.0 Å². The summed E-state index contributed by atoms with van der Waals surface area (Å²) < 4.78 is 14.7. The number of hydrogen-bond acceptors (Lipinski definition) is 2. The molecule has 0 aliphatic heterocycles. The van der Waals surface area contributed by atoms with E-state index in [4.69, 9.17) is 5.11 Å². The summed E-state index contributed by atoms with van der Waals surface area (Å²) >= 11 is 4.68. The Morgan fingerprint density at radius 2 is 2.25 bits per heavy atom. The number of fused-ring (bicyclic) bond motifs is 1. The van der Waals surface area contributed by atoms with Crippen molar-refractivity contribution in [3.63, 3.8) is 0 Å². The molecule has 12 heavy (non-hydrogen) atoms. The van der Waals surface area contributed by atoms with Gasteiger partial charge in [0.2, 0.25) is 0 Å². The number of phenolic OH excluding ortho intramolecular Hbond substituents is 1. The first-order valence-corrected chi connectivity index (χ1v) is 4.91. The van der Waals surface area contributed by atoms with Crippen molar-refractivity contribution in [2.75, 3.05) is 0 Å². The minimum Gasteiger partial charge on any atom is -0.505 e. The van der Waals surface area contributed by atoms with Crippen LogP contribution in [0.3, 0.4) is 0 Å². The summed E-state index contributed by atoms with van der Waals surface area (Å²) in [7, 11) is 0. The lowest BCUT2D eigenvalue weighted by atomic mass is 10.2. The van der Waals surface area contributed by atoms with Gasteiger partial charge in [-0.3, -0.25) is 0 Å². The van der Waals surface area contributed by atoms with Crippen molar-refractivity contribution in [1.82, 2.24) is 0 Å². The lowest BCUT2D eigenvalue weighted by molar-refractivity contribution is 0.436. The van der Waals surface area contributed by atoms with Crippen LogP contribution in [0.1, 0.15) is 0 Å². The number of phenols is 1. The molecule has 0 fully saturated rings. The number of benzene rings is 1. The van der Waals surface area contributed by atoms with Gasteiger partial charge in [-0.2, -0.15) is 0 Å². The van der Waals surface area contributed by atoms with Crippen molar-refractivity contribution in [3.05, 3.63) is 27.8 Å². The predicted molar refractivity (Wildman–Crippen MR) is 51.1 cm³/mol. The van der Waals surface area contributed by atoms with Gasteiger partial charge in [0.1, 0.15) is 0 Å². The van der Waals surface area contributed by atoms with Gasteiger partial charge in [0, 0.05) is 9.86 Å². The minimum absolute atomic E-state index is 0.312. The van der Waals surface area contributed by atoms with Crippen LogP contribution in [0.25, 0.3) is 10.1 Å². The van der Waals surface area contributed by atoms with Crippen LogP contribution in [0.5, 0.6) is 5.75 Å². The Kier molecular flexibility index (Phi) is 1.81. The maximum atomic E-state index is 13.1. The molecule has 0 aliphatic carbocycles. The molecule has 2 aromatic rings. The largest absolute Gasteiger partial charge is 0.505 e. The fourth-order valence-corrected chi connectivity index (χ4v) is 2.56. The molecule has 0 saturated carbocycles. The molecule has 1 heterocycles. The molecule has 1 N–H and O–H groups in total.